The Morgan fingerprint density at radius 3 is 2.61 bits per heavy atom. The van der Waals surface area contributed by atoms with Crippen molar-refractivity contribution in [3.63, 3.8) is 0 Å². The standard InChI is InChI=1S/C13H17NO4/c1-18-13(17)11(15)7-8-12(16)14-9-10-5-3-2-4-6-10/h2-6,11,15H,7-9H2,1H3,(H,14,16). The lowest BCUT2D eigenvalue weighted by molar-refractivity contribution is -0.150. The fraction of sp³-hybridized carbons (Fsp3) is 0.385. The van der Waals surface area contributed by atoms with Gasteiger partial charge in [-0.25, -0.2) is 4.79 Å². The molecular formula is C13H17NO4. The Morgan fingerprint density at radius 2 is 2.00 bits per heavy atom. The molecule has 1 aromatic carbocycles. The first-order chi connectivity index (χ1) is 8.63. The van der Waals surface area contributed by atoms with Crippen molar-refractivity contribution in [2.45, 2.75) is 25.5 Å². The van der Waals surface area contributed by atoms with E-state index in [-0.39, 0.29) is 18.7 Å². The molecule has 5 heteroatoms. The van der Waals surface area contributed by atoms with E-state index in [9.17, 15) is 14.7 Å². The van der Waals surface area contributed by atoms with Crippen molar-refractivity contribution in [3.8, 4) is 0 Å². The van der Waals surface area contributed by atoms with Crippen LogP contribution in [-0.4, -0.2) is 30.2 Å². The first-order valence-electron chi connectivity index (χ1n) is 5.70. The number of esters is 1. The number of aliphatic hydroxyl groups excluding tert-OH is 1. The summed E-state index contributed by atoms with van der Waals surface area (Å²) in [5.74, 6) is -0.923. The van der Waals surface area contributed by atoms with Gasteiger partial charge < -0.3 is 15.2 Å². The maximum atomic E-state index is 11.5. The number of rotatable bonds is 6. The zero-order valence-corrected chi connectivity index (χ0v) is 10.3. The number of benzene rings is 1. The second-order valence-electron chi connectivity index (χ2n) is 3.84. The van der Waals surface area contributed by atoms with Crippen LogP contribution in [0.4, 0.5) is 0 Å². The van der Waals surface area contributed by atoms with E-state index in [0.29, 0.717) is 6.54 Å². The summed E-state index contributed by atoms with van der Waals surface area (Å²) in [5, 5.41) is 12.0. The zero-order chi connectivity index (χ0) is 13.4. The molecule has 1 amide bonds. The van der Waals surface area contributed by atoms with E-state index in [1.54, 1.807) is 0 Å². The lowest BCUT2D eigenvalue weighted by Crippen LogP contribution is -2.27. The van der Waals surface area contributed by atoms with Gasteiger partial charge in [-0.3, -0.25) is 4.79 Å². The van der Waals surface area contributed by atoms with Crippen LogP contribution in [0, 0.1) is 0 Å². The molecule has 0 radical (unpaired) electrons. The lowest BCUT2D eigenvalue weighted by Gasteiger charge is -2.08. The Kier molecular flexibility index (Phi) is 5.87. The van der Waals surface area contributed by atoms with E-state index >= 15 is 0 Å². The molecule has 0 saturated carbocycles. The molecule has 5 nitrogen and oxygen atoms in total. The smallest absolute Gasteiger partial charge is 0.334 e. The Morgan fingerprint density at radius 1 is 1.33 bits per heavy atom. The largest absolute Gasteiger partial charge is 0.467 e. The average Bonchev–Trinajstić information content (AvgIpc) is 2.42. The molecule has 18 heavy (non-hydrogen) atoms. The number of methoxy groups -OCH3 is 1. The Balaban J connectivity index is 2.24. The van der Waals surface area contributed by atoms with Crippen LogP contribution in [0.2, 0.25) is 0 Å². The van der Waals surface area contributed by atoms with Crippen LogP contribution < -0.4 is 5.32 Å². The van der Waals surface area contributed by atoms with Gasteiger partial charge in [-0.2, -0.15) is 0 Å². The monoisotopic (exact) mass is 251 g/mol. The van der Waals surface area contributed by atoms with E-state index in [2.05, 4.69) is 10.1 Å². The average molecular weight is 251 g/mol. The van der Waals surface area contributed by atoms with Crippen molar-refractivity contribution < 1.29 is 19.4 Å². The fourth-order valence-electron chi connectivity index (χ4n) is 1.41. The molecule has 0 bridgehead atoms. The van der Waals surface area contributed by atoms with Crippen LogP contribution >= 0.6 is 0 Å². The molecule has 0 heterocycles. The first kappa shape index (κ1) is 14.2. The van der Waals surface area contributed by atoms with Gasteiger partial charge in [0.15, 0.2) is 6.10 Å². The summed E-state index contributed by atoms with van der Waals surface area (Å²) in [6, 6.07) is 9.50. The van der Waals surface area contributed by atoms with Crippen molar-refractivity contribution in [1.82, 2.24) is 5.32 Å². The molecule has 0 saturated heterocycles. The Hall–Kier alpha value is -1.88. The van der Waals surface area contributed by atoms with E-state index in [1.807, 2.05) is 30.3 Å². The Bertz CT molecular complexity index is 391. The number of ether oxygens (including phenoxy) is 1. The van der Waals surface area contributed by atoms with Gasteiger partial charge in [0.2, 0.25) is 5.91 Å². The molecule has 0 aromatic heterocycles. The van der Waals surface area contributed by atoms with E-state index in [0.717, 1.165) is 5.56 Å². The third-order valence-electron chi connectivity index (χ3n) is 2.45. The van der Waals surface area contributed by atoms with Crippen LogP contribution in [0.15, 0.2) is 30.3 Å². The number of hydrogen-bond acceptors (Lipinski definition) is 4. The third kappa shape index (κ3) is 4.97. The van der Waals surface area contributed by atoms with Crippen LogP contribution in [0.5, 0.6) is 0 Å². The molecule has 1 atom stereocenters. The van der Waals surface area contributed by atoms with Gasteiger partial charge in [0.05, 0.1) is 7.11 Å². The van der Waals surface area contributed by atoms with Gasteiger partial charge in [0.25, 0.3) is 0 Å². The molecular weight excluding hydrogens is 234 g/mol. The summed E-state index contributed by atoms with van der Waals surface area (Å²) in [6.45, 7) is 0.438. The number of amides is 1. The van der Waals surface area contributed by atoms with E-state index < -0.39 is 12.1 Å². The maximum Gasteiger partial charge on any atom is 0.334 e. The molecule has 98 valence electrons. The van der Waals surface area contributed by atoms with Gasteiger partial charge in [-0.1, -0.05) is 30.3 Å². The minimum Gasteiger partial charge on any atom is -0.467 e. The van der Waals surface area contributed by atoms with Crippen molar-refractivity contribution >= 4 is 11.9 Å². The highest BCUT2D eigenvalue weighted by Crippen LogP contribution is 2.01. The van der Waals surface area contributed by atoms with Gasteiger partial charge in [-0.05, 0) is 12.0 Å². The van der Waals surface area contributed by atoms with Crippen LogP contribution in [-0.2, 0) is 20.9 Å². The lowest BCUT2D eigenvalue weighted by atomic mass is 10.2. The van der Waals surface area contributed by atoms with Crippen LogP contribution in [0.3, 0.4) is 0 Å². The number of hydrogen-bond donors (Lipinski definition) is 2. The Labute approximate surface area is 106 Å². The minimum atomic E-state index is -1.24. The normalized spacial score (nSPS) is 11.7. The predicted octanol–water partition coefficient (Wildman–Crippen LogP) is 0.617. The van der Waals surface area contributed by atoms with Crippen molar-refractivity contribution in [1.29, 1.82) is 0 Å². The van der Waals surface area contributed by atoms with Crippen LogP contribution in [0.1, 0.15) is 18.4 Å². The summed E-state index contributed by atoms with van der Waals surface area (Å²) in [7, 11) is 1.20. The molecule has 0 aliphatic carbocycles. The summed E-state index contributed by atoms with van der Waals surface area (Å²) in [6.07, 6.45) is -1.09. The van der Waals surface area contributed by atoms with Crippen molar-refractivity contribution in [2.24, 2.45) is 0 Å². The SMILES string of the molecule is COC(=O)C(O)CCC(=O)NCc1ccccc1. The minimum absolute atomic E-state index is 0.0628. The predicted molar refractivity (Wildman–Crippen MR) is 65.5 cm³/mol. The quantitative estimate of drug-likeness (QED) is 0.727. The third-order valence-corrected chi connectivity index (χ3v) is 2.45. The first-order valence-corrected chi connectivity index (χ1v) is 5.70. The number of nitrogens with one attached hydrogen (secondary N) is 1. The van der Waals surface area contributed by atoms with Crippen molar-refractivity contribution in [2.75, 3.05) is 7.11 Å². The van der Waals surface area contributed by atoms with Gasteiger partial charge in [-0.15, -0.1) is 0 Å². The summed E-state index contributed by atoms with van der Waals surface area (Å²) >= 11 is 0. The van der Waals surface area contributed by atoms with Crippen molar-refractivity contribution in [3.05, 3.63) is 35.9 Å². The molecule has 0 fully saturated rings. The molecule has 0 aliphatic rings. The van der Waals surface area contributed by atoms with E-state index in [4.69, 9.17) is 0 Å². The highest BCUT2D eigenvalue weighted by atomic mass is 16.5. The van der Waals surface area contributed by atoms with E-state index in [1.165, 1.54) is 7.11 Å². The van der Waals surface area contributed by atoms with Gasteiger partial charge in [0.1, 0.15) is 0 Å². The molecule has 2 N–H and O–H groups in total. The molecule has 1 aromatic rings. The molecule has 1 unspecified atom stereocenters. The maximum absolute atomic E-state index is 11.5. The number of aliphatic hydroxyl groups is 1. The molecule has 0 aliphatic heterocycles. The van der Waals surface area contributed by atoms with Crippen LogP contribution in [0.25, 0.3) is 0 Å². The number of carbonyl (C=O) groups is 2. The topological polar surface area (TPSA) is 75.6 Å². The summed E-state index contributed by atoms with van der Waals surface area (Å²) in [5.41, 5.74) is 0.999. The fourth-order valence-corrected chi connectivity index (χ4v) is 1.41. The second kappa shape index (κ2) is 7.45. The summed E-state index contributed by atoms with van der Waals surface area (Å²) in [4.78, 5) is 22.4. The summed E-state index contributed by atoms with van der Waals surface area (Å²) < 4.78 is 4.35. The molecule has 1 rings (SSSR count). The molecule has 0 spiro atoms. The second-order valence-corrected chi connectivity index (χ2v) is 3.84. The van der Waals surface area contributed by atoms with Gasteiger partial charge >= 0.3 is 5.97 Å². The highest BCUT2D eigenvalue weighted by molar-refractivity contribution is 5.78. The van der Waals surface area contributed by atoms with Gasteiger partial charge in [0, 0.05) is 13.0 Å². The zero-order valence-electron chi connectivity index (χ0n) is 10.3. The highest BCUT2D eigenvalue weighted by Gasteiger charge is 2.16. The number of carbonyl (C=O) groups excluding carboxylic acids is 2.